The van der Waals surface area contributed by atoms with Gasteiger partial charge in [0.2, 0.25) is 0 Å². The van der Waals surface area contributed by atoms with Gasteiger partial charge in [-0.25, -0.2) is 4.79 Å². The topological polar surface area (TPSA) is 42.7 Å². The summed E-state index contributed by atoms with van der Waals surface area (Å²) in [5.74, 6) is 0.832. The maximum absolute atomic E-state index is 11.9. The minimum absolute atomic E-state index is 0.305. The van der Waals surface area contributed by atoms with E-state index in [1.54, 1.807) is 6.07 Å². The van der Waals surface area contributed by atoms with Gasteiger partial charge in [0.1, 0.15) is 11.3 Å². The Hall–Kier alpha value is -2.27. The van der Waals surface area contributed by atoms with Gasteiger partial charge in [-0.1, -0.05) is 22.9 Å². The van der Waals surface area contributed by atoms with Gasteiger partial charge in [0.15, 0.2) is 6.73 Å². The summed E-state index contributed by atoms with van der Waals surface area (Å²) in [6.07, 6.45) is 0.788. The van der Waals surface area contributed by atoms with E-state index in [0.717, 1.165) is 51.0 Å². The zero-order valence-electron chi connectivity index (χ0n) is 15.1. The molecule has 0 unspecified atom stereocenters. The predicted molar refractivity (Wildman–Crippen MR) is 107 cm³/mol. The van der Waals surface area contributed by atoms with Crippen LogP contribution in [0, 0.1) is 13.8 Å². The van der Waals surface area contributed by atoms with Gasteiger partial charge in [0.25, 0.3) is 0 Å². The Kier molecular flexibility index (Phi) is 4.27. The van der Waals surface area contributed by atoms with E-state index in [1.807, 2.05) is 6.92 Å². The maximum Gasteiger partial charge on any atom is 0.336 e. The zero-order chi connectivity index (χ0) is 18.4. The second-order valence-electron chi connectivity index (χ2n) is 6.72. The molecule has 0 spiro atoms. The number of fused-ring (bicyclic) bond motifs is 2. The van der Waals surface area contributed by atoms with Crippen LogP contribution < -0.4 is 15.3 Å². The van der Waals surface area contributed by atoms with Crippen molar-refractivity contribution in [2.24, 2.45) is 0 Å². The van der Waals surface area contributed by atoms with E-state index in [9.17, 15) is 4.79 Å². The average molecular weight is 414 g/mol. The molecule has 4 nitrogen and oxygen atoms in total. The molecule has 0 saturated carbocycles. The van der Waals surface area contributed by atoms with Crippen LogP contribution in [0.25, 0.3) is 11.0 Å². The van der Waals surface area contributed by atoms with Gasteiger partial charge < -0.3 is 14.1 Å². The van der Waals surface area contributed by atoms with E-state index in [4.69, 9.17) is 9.15 Å². The monoisotopic (exact) mass is 413 g/mol. The highest BCUT2D eigenvalue weighted by atomic mass is 79.9. The van der Waals surface area contributed by atoms with Gasteiger partial charge in [0.05, 0.1) is 0 Å². The number of anilines is 1. The van der Waals surface area contributed by atoms with Crippen molar-refractivity contribution in [3.05, 3.63) is 67.5 Å². The lowest BCUT2D eigenvalue weighted by atomic mass is 9.99. The van der Waals surface area contributed by atoms with Gasteiger partial charge in [-0.05, 0) is 55.7 Å². The second kappa shape index (κ2) is 6.47. The third-order valence-corrected chi connectivity index (χ3v) is 5.88. The van der Waals surface area contributed by atoms with Gasteiger partial charge in [-0.15, -0.1) is 0 Å². The molecule has 1 aromatic heterocycles. The van der Waals surface area contributed by atoms with Crippen LogP contribution in [0.3, 0.4) is 0 Å². The number of ether oxygens (including phenoxy) is 1. The number of aryl methyl sites for hydroxylation is 3. The molecule has 4 rings (SSSR count). The van der Waals surface area contributed by atoms with E-state index in [-0.39, 0.29) is 5.63 Å². The van der Waals surface area contributed by atoms with Crippen LogP contribution in [-0.4, -0.2) is 6.73 Å². The number of rotatable bonds is 2. The van der Waals surface area contributed by atoms with E-state index in [1.165, 1.54) is 5.56 Å². The van der Waals surface area contributed by atoms with Gasteiger partial charge >= 0.3 is 5.63 Å². The largest absolute Gasteiger partial charge is 0.472 e. The van der Waals surface area contributed by atoms with Gasteiger partial charge in [-0.2, -0.15) is 0 Å². The molecule has 1 aliphatic heterocycles. The number of nitrogens with zero attached hydrogens (tertiary/aromatic N) is 1. The fraction of sp³-hybridized carbons (Fsp3) is 0.286. The van der Waals surface area contributed by atoms with Gasteiger partial charge in [-0.3, -0.25) is 0 Å². The molecule has 134 valence electrons. The standard InChI is InChI=1S/C21H20BrNO3/c1-4-14-9-19(24)26-21-13(3)20-15(8-17(14)21)10-23(11-25-20)16-5-6-18(22)12(2)7-16/h5-9H,4,10-11H2,1-3H3. The first-order chi connectivity index (χ1) is 12.5. The first-order valence-corrected chi connectivity index (χ1v) is 9.50. The molecule has 1 aliphatic rings. The lowest BCUT2D eigenvalue weighted by molar-refractivity contribution is 0.287. The molecule has 2 aromatic carbocycles. The minimum atomic E-state index is -0.305. The van der Waals surface area contributed by atoms with E-state index in [2.05, 4.69) is 58.9 Å². The summed E-state index contributed by atoms with van der Waals surface area (Å²) in [5.41, 5.74) is 5.68. The molecule has 0 fully saturated rings. The fourth-order valence-corrected chi connectivity index (χ4v) is 3.81. The van der Waals surface area contributed by atoms with Crippen molar-refractivity contribution in [3.63, 3.8) is 0 Å². The number of hydrogen-bond donors (Lipinski definition) is 0. The van der Waals surface area contributed by atoms with Crippen LogP contribution >= 0.6 is 15.9 Å². The highest BCUT2D eigenvalue weighted by Crippen LogP contribution is 2.37. The van der Waals surface area contributed by atoms with Crippen LogP contribution in [0.1, 0.15) is 29.2 Å². The summed E-state index contributed by atoms with van der Waals surface area (Å²) in [7, 11) is 0. The molecule has 0 saturated heterocycles. The predicted octanol–water partition coefficient (Wildman–Crippen LogP) is 5.09. The van der Waals surface area contributed by atoms with Crippen LogP contribution in [0.15, 0.2) is 44.0 Å². The summed E-state index contributed by atoms with van der Waals surface area (Å²) in [4.78, 5) is 14.1. The Morgan fingerprint density at radius 3 is 2.73 bits per heavy atom. The first kappa shape index (κ1) is 17.2. The molecule has 0 atom stereocenters. The highest BCUT2D eigenvalue weighted by Gasteiger charge is 2.23. The van der Waals surface area contributed by atoms with Crippen LogP contribution in [0.5, 0.6) is 5.75 Å². The third kappa shape index (κ3) is 2.80. The first-order valence-electron chi connectivity index (χ1n) is 8.71. The smallest absolute Gasteiger partial charge is 0.336 e. The maximum atomic E-state index is 11.9. The molecule has 0 aliphatic carbocycles. The summed E-state index contributed by atoms with van der Waals surface area (Å²) >= 11 is 3.55. The normalized spacial score (nSPS) is 13.6. The summed E-state index contributed by atoms with van der Waals surface area (Å²) in [6, 6.07) is 10.0. The lowest BCUT2D eigenvalue weighted by Crippen LogP contribution is -2.32. The Morgan fingerprint density at radius 1 is 1.19 bits per heavy atom. The molecule has 2 heterocycles. The van der Waals surface area contributed by atoms with Crippen LogP contribution in [-0.2, 0) is 13.0 Å². The molecular weight excluding hydrogens is 394 g/mol. The Balaban J connectivity index is 1.81. The molecule has 26 heavy (non-hydrogen) atoms. The fourth-order valence-electron chi connectivity index (χ4n) is 3.57. The summed E-state index contributed by atoms with van der Waals surface area (Å²) in [5, 5.41) is 1.00. The molecule has 0 bridgehead atoms. The van der Waals surface area contributed by atoms with Gasteiger partial charge in [0, 0.05) is 39.3 Å². The second-order valence-corrected chi connectivity index (χ2v) is 7.57. The van der Waals surface area contributed by atoms with Crippen LogP contribution in [0.4, 0.5) is 5.69 Å². The minimum Gasteiger partial charge on any atom is -0.472 e. The Labute approximate surface area is 160 Å². The SMILES string of the molecule is CCc1cc(=O)oc2c(C)c3c(cc12)CN(c1ccc(Br)c(C)c1)CO3. The van der Waals surface area contributed by atoms with Crippen molar-refractivity contribution in [1.82, 2.24) is 0 Å². The van der Waals surface area contributed by atoms with E-state index >= 15 is 0 Å². The number of benzene rings is 2. The van der Waals surface area contributed by atoms with E-state index in [0.29, 0.717) is 12.3 Å². The summed E-state index contributed by atoms with van der Waals surface area (Å²) in [6.45, 7) is 7.33. The van der Waals surface area contributed by atoms with Crippen molar-refractivity contribution in [3.8, 4) is 5.75 Å². The van der Waals surface area contributed by atoms with Crippen molar-refractivity contribution in [2.45, 2.75) is 33.7 Å². The number of halogens is 1. The number of hydrogen-bond acceptors (Lipinski definition) is 4. The quantitative estimate of drug-likeness (QED) is 0.548. The molecule has 0 amide bonds. The molecule has 3 aromatic rings. The Morgan fingerprint density at radius 2 is 2.00 bits per heavy atom. The van der Waals surface area contributed by atoms with Crippen molar-refractivity contribution >= 4 is 32.6 Å². The molecular formula is C21H20BrNO3. The van der Waals surface area contributed by atoms with Crippen LogP contribution in [0.2, 0.25) is 0 Å². The summed E-state index contributed by atoms with van der Waals surface area (Å²) < 4.78 is 12.7. The zero-order valence-corrected chi connectivity index (χ0v) is 16.6. The van der Waals surface area contributed by atoms with E-state index < -0.39 is 0 Å². The van der Waals surface area contributed by atoms with Crippen molar-refractivity contribution < 1.29 is 9.15 Å². The Bertz CT molecular complexity index is 1070. The van der Waals surface area contributed by atoms with Crippen molar-refractivity contribution in [2.75, 3.05) is 11.6 Å². The molecule has 0 N–H and O–H groups in total. The highest BCUT2D eigenvalue weighted by molar-refractivity contribution is 9.10. The average Bonchev–Trinajstić information content (AvgIpc) is 2.64. The van der Waals surface area contributed by atoms with Crippen molar-refractivity contribution in [1.29, 1.82) is 0 Å². The molecule has 0 radical (unpaired) electrons. The third-order valence-electron chi connectivity index (χ3n) is 4.99. The molecule has 5 heteroatoms. The lowest BCUT2D eigenvalue weighted by Gasteiger charge is -2.32.